The number of nitrogens with zero attached hydrogens (tertiary/aromatic N) is 3. The third-order valence-corrected chi connectivity index (χ3v) is 1.59. The van der Waals surface area contributed by atoms with Crippen LogP contribution in [-0.2, 0) is 0 Å². The summed E-state index contributed by atoms with van der Waals surface area (Å²) in [6.45, 7) is 8.91. The van der Waals surface area contributed by atoms with Crippen molar-refractivity contribution in [2.24, 2.45) is 0 Å². The van der Waals surface area contributed by atoms with Crippen molar-refractivity contribution < 1.29 is 0 Å². The number of rotatable bonds is 5. The van der Waals surface area contributed by atoms with E-state index in [2.05, 4.69) is 28.0 Å². The fourth-order valence-corrected chi connectivity index (χ4v) is 1.04. The van der Waals surface area contributed by atoms with Crippen LogP contribution < -0.4 is 4.90 Å². The predicted octanol–water partition coefficient (Wildman–Crippen LogP) is 1.65. The summed E-state index contributed by atoms with van der Waals surface area (Å²) in [4.78, 5) is 10.1. The van der Waals surface area contributed by atoms with Gasteiger partial charge in [-0.15, -0.1) is 13.2 Å². The van der Waals surface area contributed by atoms with Crippen LogP contribution in [0, 0.1) is 0 Å². The number of anilines is 1. The zero-order valence-electron chi connectivity index (χ0n) is 7.56. The van der Waals surface area contributed by atoms with Crippen molar-refractivity contribution in [3.8, 4) is 0 Å². The minimum absolute atomic E-state index is 0.767. The fraction of sp³-hybridized carbons (Fsp3) is 0.200. The highest BCUT2D eigenvalue weighted by molar-refractivity contribution is 5.38. The van der Waals surface area contributed by atoms with Crippen LogP contribution in [0.25, 0.3) is 0 Å². The van der Waals surface area contributed by atoms with Gasteiger partial charge in [0.05, 0.1) is 0 Å². The van der Waals surface area contributed by atoms with Gasteiger partial charge in [0, 0.05) is 19.3 Å². The summed E-state index contributed by atoms with van der Waals surface area (Å²) in [7, 11) is 0. The summed E-state index contributed by atoms with van der Waals surface area (Å²) in [5.41, 5.74) is 0. The summed E-state index contributed by atoms with van der Waals surface area (Å²) in [6.07, 6.45) is 6.94. The van der Waals surface area contributed by atoms with Crippen molar-refractivity contribution in [2.75, 3.05) is 18.0 Å². The maximum absolute atomic E-state index is 4.14. The topological polar surface area (TPSA) is 29.0 Å². The summed E-state index contributed by atoms with van der Waals surface area (Å²) in [5.74, 6) is 0.898. The van der Waals surface area contributed by atoms with Gasteiger partial charge < -0.3 is 4.90 Å². The third-order valence-electron chi connectivity index (χ3n) is 1.59. The zero-order chi connectivity index (χ0) is 9.52. The lowest BCUT2D eigenvalue weighted by molar-refractivity contribution is 0.917. The smallest absolute Gasteiger partial charge is 0.132 e. The summed E-state index contributed by atoms with van der Waals surface area (Å²) in [5, 5.41) is 0. The Morgan fingerprint density at radius 3 is 2.46 bits per heavy atom. The molecule has 0 amide bonds. The van der Waals surface area contributed by atoms with E-state index in [1.165, 1.54) is 6.33 Å². The van der Waals surface area contributed by atoms with Gasteiger partial charge in [-0.2, -0.15) is 0 Å². The monoisotopic (exact) mass is 175 g/mol. The Balaban J connectivity index is 2.75. The second-order valence-electron chi connectivity index (χ2n) is 2.55. The molecule has 0 radical (unpaired) electrons. The Hall–Kier alpha value is -1.64. The Morgan fingerprint density at radius 2 is 2.00 bits per heavy atom. The molecule has 0 unspecified atom stereocenters. The quantitative estimate of drug-likeness (QED) is 0.637. The zero-order valence-corrected chi connectivity index (χ0v) is 7.56. The van der Waals surface area contributed by atoms with Gasteiger partial charge in [0.1, 0.15) is 12.1 Å². The molecule has 0 aliphatic heterocycles. The van der Waals surface area contributed by atoms with E-state index < -0.39 is 0 Å². The molecule has 1 aromatic rings. The van der Waals surface area contributed by atoms with Gasteiger partial charge in [0.2, 0.25) is 0 Å². The summed E-state index contributed by atoms with van der Waals surface area (Å²) < 4.78 is 0. The first kappa shape index (κ1) is 9.45. The first-order valence-electron chi connectivity index (χ1n) is 4.11. The van der Waals surface area contributed by atoms with Crippen molar-refractivity contribution in [2.45, 2.75) is 0 Å². The molecule has 68 valence electrons. The summed E-state index contributed by atoms with van der Waals surface area (Å²) in [6, 6.07) is 1.87. The van der Waals surface area contributed by atoms with Crippen LogP contribution in [0.4, 0.5) is 5.82 Å². The lowest BCUT2D eigenvalue weighted by Gasteiger charge is -2.19. The highest BCUT2D eigenvalue weighted by Gasteiger charge is 2.01. The first-order chi connectivity index (χ1) is 6.38. The molecule has 0 spiro atoms. The van der Waals surface area contributed by atoms with E-state index in [0.717, 1.165) is 18.9 Å². The molecule has 0 atom stereocenters. The van der Waals surface area contributed by atoms with Crippen LogP contribution >= 0.6 is 0 Å². The standard InChI is InChI=1S/C10H13N3/c1-3-7-13(8-4-2)10-5-6-11-9-12-10/h3-6,9H,1-2,7-8H2. The van der Waals surface area contributed by atoms with Gasteiger partial charge in [-0.25, -0.2) is 9.97 Å². The van der Waals surface area contributed by atoms with E-state index >= 15 is 0 Å². The van der Waals surface area contributed by atoms with Crippen LogP contribution in [0.2, 0.25) is 0 Å². The molecule has 1 heterocycles. The van der Waals surface area contributed by atoms with E-state index in [4.69, 9.17) is 0 Å². The Kier molecular flexibility index (Phi) is 3.70. The number of hydrogen-bond acceptors (Lipinski definition) is 3. The molecule has 0 bridgehead atoms. The molecule has 0 aliphatic rings. The largest absolute Gasteiger partial charge is 0.349 e. The lowest BCUT2D eigenvalue weighted by atomic mass is 10.4. The van der Waals surface area contributed by atoms with Crippen LogP contribution in [0.1, 0.15) is 0 Å². The number of hydrogen-bond donors (Lipinski definition) is 0. The number of aromatic nitrogens is 2. The maximum atomic E-state index is 4.14. The lowest BCUT2D eigenvalue weighted by Crippen LogP contribution is -2.23. The average Bonchev–Trinajstić information content (AvgIpc) is 2.19. The molecule has 0 N–H and O–H groups in total. The molecular formula is C10H13N3. The van der Waals surface area contributed by atoms with Crippen LogP contribution in [0.15, 0.2) is 43.9 Å². The van der Waals surface area contributed by atoms with E-state index in [1.54, 1.807) is 6.20 Å². The van der Waals surface area contributed by atoms with Gasteiger partial charge in [-0.05, 0) is 6.07 Å². The second-order valence-corrected chi connectivity index (χ2v) is 2.55. The van der Waals surface area contributed by atoms with Crippen LogP contribution in [-0.4, -0.2) is 23.1 Å². The first-order valence-corrected chi connectivity index (χ1v) is 4.11. The predicted molar refractivity (Wildman–Crippen MR) is 54.6 cm³/mol. The van der Waals surface area contributed by atoms with Crippen LogP contribution in [0.3, 0.4) is 0 Å². The fourth-order valence-electron chi connectivity index (χ4n) is 1.04. The van der Waals surface area contributed by atoms with Gasteiger partial charge in [0.15, 0.2) is 0 Å². The van der Waals surface area contributed by atoms with Crippen molar-refractivity contribution >= 4 is 5.82 Å². The Morgan fingerprint density at radius 1 is 1.31 bits per heavy atom. The average molecular weight is 175 g/mol. The minimum atomic E-state index is 0.767. The van der Waals surface area contributed by atoms with Gasteiger partial charge in [-0.3, -0.25) is 0 Å². The Bertz CT molecular complexity index is 259. The molecule has 0 saturated heterocycles. The molecule has 0 saturated carbocycles. The molecule has 0 aromatic carbocycles. The van der Waals surface area contributed by atoms with Crippen LogP contribution in [0.5, 0.6) is 0 Å². The molecule has 3 heteroatoms. The van der Waals surface area contributed by atoms with Gasteiger partial charge in [-0.1, -0.05) is 12.2 Å². The Labute approximate surface area is 78.4 Å². The molecule has 0 fully saturated rings. The molecule has 1 rings (SSSR count). The van der Waals surface area contributed by atoms with E-state index in [0.29, 0.717) is 0 Å². The van der Waals surface area contributed by atoms with E-state index in [1.807, 2.05) is 18.2 Å². The van der Waals surface area contributed by atoms with Crippen molar-refractivity contribution in [3.63, 3.8) is 0 Å². The third kappa shape index (κ3) is 2.71. The normalized spacial score (nSPS) is 9.23. The van der Waals surface area contributed by atoms with Crippen molar-refractivity contribution in [1.82, 2.24) is 9.97 Å². The molecule has 13 heavy (non-hydrogen) atoms. The summed E-state index contributed by atoms with van der Waals surface area (Å²) >= 11 is 0. The molecule has 0 aliphatic carbocycles. The van der Waals surface area contributed by atoms with Crippen molar-refractivity contribution in [3.05, 3.63) is 43.9 Å². The second kappa shape index (κ2) is 5.09. The SMILES string of the molecule is C=CCN(CC=C)c1ccncn1. The maximum Gasteiger partial charge on any atom is 0.132 e. The molecule has 1 aromatic heterocycles. The minimum Gasteiger partial charge on any atom is -0.349 e. The molecular weight excluding hydrogens is 162 g/mol. The van der Waals surface area contributed by atoms with Crippen molar-refractivity contribution in [1.29, 1.82) is 0 Å². The van der Waals surface area contributed by atoms with Gasteiger partial charge >= 0.3 is 0 Å². The van der Waals surface area contributed by atoms with E-state index in [9.17, 15) is 0 Å². The molecule has 3 nitrogen and oxygen atoms in total. The van der Waals surface area contributed by atoms with Gasteiger partial charge in [0.25, 0.3) is 0 Å². The van der Waals surface area contributed by atoms with E-state index in [-0.39, 0.29) is 0 Å². The highest BCUT2D eigenvalue weighted by Crippen LogP contribution is 2.07. The highest BCUT2D eigenvalue weighted by atomic mass is 15.2.